The van der Waals surface area contributed by atoms with Gasteiger partial charge in [0.25, 0.3) is 0 Å². The van der Waals surface area contributed by atoms with Crippen LogP contribution in [0.3, 0.4) is 0 Å². The summed E-state index contributed by atoms with van der Waals surface area (Å²) < 4.78 is 2.06. The van der Waals surface area contributed by atoms with Gasteiger partial charge in [0.2, 0.25) is 0 Å². The van der Waals surface area contributed by atoms with Crippen molar-refractivity contribution in [2.45, 2.75) is 40.2 Å². The van der Waals surface area contributed by atoms with E-state index >= 15 is 0 Å². The smallest absolute Gasteiger partial charge is 0.191 e. The zero-order chi connectivity index (χ0) is 19.1. The molecule has 0 aliphatic rings. The SMILES string of the molecule is CCNC(=NCCCn1nc(C)cc1C)NCCc1c[nH]c2ccccc12. The van der Waals surface area contributed by atoms with E-state index in [1.165, 1.54) is 22.2 Å². The third-order valence-electron chi connectivity index (χ3n) is 4.61. The highest BCUT2D eigenvalue weighted by molar-refractivity contribution is 5.83. The van der Waals surface area contributed by atoms with Gasteiger partial charge in [-0.25, -0.2) is 0 Å². The quantitative estimate of drug-likeness (QED) is 0.326. The molecular formula is C21H30N6. The molecule has 0 unspecified atom stereocenters. The Morgan fingerprint density at radius 3 is 2.85 bits per heavy atom. The molecule has 1 aromatic carbocycles. The molecule has 0 atom stereocenters. The number of nitrogens with one attached hydrogen (secondary N) is 3. The molecule has 2 aromatic heterocycles. The van der Waals surface area contributed by atoms with Gasteiger partial charge in [-0.1, -0.05) is 18.2 Å². The maximum Gasteiger partial charge on any atom is 0.191 e. The molecule has 27 heavy (non-hydrogen) atoms. The molecule has 3 N–H and O–H groups in total. The largest absolute Gasteiger partial charge is 0.361 e. The van der Waals surface area contributed by atoms with E-state index in [0.717, 1.165) is 50.7 Å². The van der Waals surface area contributed by atoms with E-state index in [1.54, 1.807) is 0 Å². The number of para-hydroxylation sites is 1. The Balaban J connectivity index is 1.48. The zero-order valence-electron chi connectivity index (χ0n) is 16.5. The summed E-state index contributed by atoms with van der Waals surface area (Å²) >= 11 is 0. The zero-order valence-corrected chi connectivity index (χ0v) is 16.5. The van der Waals surface area contributed by atoms with Crippen molar-refractivity contribution < 1.29 is 0 Å². The van der Waals surface area contributed by atoms with Gasteiger partial charge in [0.15, 0.2) is 5.96 Å². The van der Waals surface area contributed by atoms with Crippen molar-refractivity contribution >= 4 is 16.9 Å². The first-order valence-corrected chi connectivity index (χ1v) is 9.75. The predicted octanol–water partition coefficient (Wildman–Crippen LogP) is 3.17. The highest BCUT2D eigenvalue weighted by Crippen LogP contribution is 2.17. The van der Waals surface area contributed by atoms with Crippen LogP contribution in [-0.2, 0) is 13.0 Å². The van der Waals surface area contributed by atoms with Crippen molar-refractivity contribution in [1.82, 2.24) is 25.4 Å². The molecule has 0 aliphatic carbocycles. The van der Waals surface area contributed by atoms with E-state index in [4.69, 9.17) is 4.99 Å². The fourth-order valence-corrected chi connectivity index (χ4v) is 3.31. The number of H-pyrrole nitrogens is 1. The van der Waals surface area contributed by atoms with Crippen LogP contribution in [-0.4, -0.2) is 40.4 Å². The molecule has 2 heterocycles. The van der Waals surface area contributed by atoms with Gasteiger partial charge in [0.1, 0.15) is 0 Å². The third-order valence-corrected chi connectivity index (χ3v) is 4.61. The Labute approximate surface area is 161 Å². The van der Waals surface area contributed by atoms with E-state index in [2.05, 4.69) is 75.8 Å². The molecule has 0 fully saturated rings. The third kappa shape index (κ3) is 5.12. The van der Waals surface area contributed by atoms with Gasteiger partial charge in [-0.05, 0) is 51.3 Å². The summed E-state index contributed by atoms with van der Waals surface area (Å²) in [5.74, 6) is 0.880. The summed E-state index contributed by atoms with van der Waals surface area (Å²) in [6, 6.07) is 10.5. The second-order valence-corrected chi connectivity index (χ2v) is 6.80. The van der Waals surface area contributed by atoms with Crippen molar-refractivity contribution in [1.29, 1.82) is 0 Å². The Hall–Kier alpha value is -2.76. The van der Waals surface area contributed by atoms with Gasteiger partial charge >= 0.3 is 0 Å². The molecule has 0 bridgehead atoms. The standard InChI is InChI=1S/C21H30N6/c1-4-22-21(23-11-7-13-27-17(3)14-16(2)26-27)24-12-10-18-15-25-20-9-6-5-8-19(18)20/h5-6,8-9,14-15,25H,4,7,10-13H2,1-3H3,(H2,22,23,24). The van der Waals surface area contributed by atoms with Crippen molar-refractivity contribution in [2.75, 3.05) is 19.6 Å². The monoisotopic (exact) mass is 366 g/mol. The van der Waals surface area contributed by atoms with Crippen molar-refractivity contribution in [3.63, 3.8) is 0 Å². The van der Waals surface area contributed by atoms with E-state index < -0.39 is 0 Å². The maximum atomic E-state index is 4.69. The van der Waals surface area contributed by atoms with Gasteiger partial charge < -0.3 is 15.6 Å². The van der Waals surface area contributed by atoms with Crippen LogP contribution in [0.25, 0.3) is 10.9 Å². The molecule has 144 valence electrons. The molecule has 0 saturated heterocycles. The number of nitrogens with zero attached hydrogens (tertiary/aromatic N) is 3. The van der Waals surface area contributed by atoms with Crippen LogP contribution >= 0.6 is 0 Å². The van der Waals surface area contributed by atoms with Crippen LogP contribution in [0.5, 0.6) is 0 Å². The van der Waals surface area contributed by atoms with Gasteiger partial charge in [-0.3, -0.25) is 9.67 Å². The van der Waals surface area contributed by atoms with E-state index in [0.29, 0.717) is 0 Å². The molecule has 0 saturated carbocycles. The molecule has 0 radical (unpaired) electrons. The molecule has 0 aliphatic heterocycles. The normalized spacial score (nSPS) is 11.9. The van der Waals surface area contributed by atoms with Crippen LogP contribution in [0.1, 0.15) is 30.3 Å². The minimum atomic E-state index is 0.779. The average molecular weight is 367 g/mol. The van der Waals surface area contributed by atoms with E-state index in [9.17, 15) is 0 Å². The second-order valence-electron chi connectivity index (χ2n) is 6.80. The molecule has 6 heteroatoms. The molecule has 3 aromatic rings. The Morgan fingerprint density at radius 2 is 2.07 bits per heavy atom. The number of benzene rings is 1. The second kappa shape index (κ2) is 9.26. The number of hydrogen-bond donors (Lipinski definition) is 3. The summed E-state index contributed by atoms with van der Waals surface area (Å²) in [7, 11) is 0. The minimum absolute atomic E-state index is 0.779. The molecule has 0 spiro atoms. The maximum absolute atomic E-state index is 4.69. The van der Waals surface area contributed by atoms with E-state index in [1.807, 2.05) is 6.92 Å². The first kappa shape index (κ1) is 19.0. The van der Waals surface area contributed by atoms with Crippen LogP contribution in [0.15, 0.2) is 41.5 Å². The first-order chi connectivity index (χ1) is 13.2. The highest BCUT2D eigenvalue weighted by Gasteiger charge is 2.04. The highest BCUT2D eigenvalue weighted by atomic mass is 15.3. The summed E-state index contributed by atoms with van der Waals surface area (Å²) in [5, 5.41) is 12.6. The summed E-state index contributed by atoms with van der Waals surface area (Å²) in [6.07, 6.45) is 4.03. The van der Waals surface area contributed by atoms with Crippen molar-refractivity contribution in [3.05, 3.63) is 53.5 Å². The lowest BCUT2D eigenvalue weighted by Gasteiger charge is -2.11. The molecule has 6 nitrogen and oxygen atoms in total. The first-order valence-electron chi connectivity index (χ1n) is 9.75. The number of aromatic amines is 1. The van der Waals surface area contributed by atoms with Crippen LogP contribution in [0.4, 0.5) is 0 Å². The number of aryl methyl sites for hydroxylation is 3. The number of hydrogen-bond acceptors (Lipinski definition) is 2. The van der Waals surface area contributed by atoms with Gasteiger partial charge in [0, 0.05) is 49.0 Å². The topological polar surface area (TPSA) is 70.0 Å². The fraction of sp³-hybridized carbons (Fsp3) is 0.429. The lowest BCUT2D eigenvalue weighted by atomic mass is 10.1. The lowest BCUT2D eigenvalue weighted by molar-refractivity contribution is 0.567. The predicted molar refractivity (Wildman–Crippen MR) is 112 cm³/mol. The van der Waals surface area contributed by atoms with Gasteiger partial charge in [-0.15, -0.1) is 0 Å². The molecular weight excluding hydrogens is 336 g/mol. The van der Waals surface area contributed by atoms with Gasteiger partial charge in [-0.2, -0.15) is 5.10 Å². The van der Waals surface area contributed by atoms with Crippen LogP contribution in [0.2, 0.25) is 0 Å². The van der Waals surface area contributed by atoms with Crippen LogP contribution < -0.4 is 10.6 Å². The minimum Gasteiger partial charge on any atom is -0.361 e. The Bertz CT molecular complexity index is 889. The van der Waals surface area contributed by atoms with Crippen LogP contribution in [0, 0.1) is 13.8 Å². The summed E-state index contributed by atoms with van der Waals surface area (Å²) in [4.78, 5) is 8.02. The number of aliphatic imine (C=N–C) groups is 1. The summed E-state index contributed by atoms with van der Waals surface area (Å²) in [5.41, 5.74) is 4.80. The fourth-order valence-electron chi connectivity index (χ4n) is 3.31. The van der Waals surface area contributed by atoms with Gasteiger partial charge in [0.05, 0.1) is 5.69 Å². The Kier molecular flexibility index (Phi) is 6.52. The number of fused-ring (bicyclic) bond motifs is 1. The Morgan fingerprint density at radius 1 is 1.22 bits per heavy atom. The number of rotatable bonds is 8. The van der Waals surface area contributed by atoms with E-state index in [-0.39, 0.29) is 0 Å². The lowest BCUT2D eigenvalue weighted by Crippen LogP contribution is -2.38. The average Bonchev–Trinajstić information content (AvgIpc) is 3.21. The number of aromatic nitrogens is 3. The number of guanidine groups is 1. The molecule has 0 amide bonds. The summed E-state index contributed by atoms with van der Waals surface area (Å²) in [6.45, 7) is 9.61. The molecule has 3 rings (SSSR count). The van der Waals surface area contributed by atoms with Crippen molar-refractivity contribution in [3.8, 4) is 0 Å². The van der Waals surface area contributed by atoms with Crippen molar-refractivity contribution in [2.24, 2.45) is 4.99 Å².